The van der Waals surface area contributed by atoms with Crippen molar-refractivity contribution in [1.29, 1.82) is 0 Å². The second-order valence-corrected chi connectivity index (χ2v) is 5.50. The summed E-state index contributed by atoms with van der Waals surface area (Å²) in [5.74, 6) is 0.341. The van der Waals surface area contributed by atoms with Crippen LogP contribution in [0.15, 0.2) is 42.5 Å². The van der Waals surface area contributed by atoms with E-state index in [2.05, 4.69) is 13.0 Å². The first-order chi connectivity index (χ1) is 10.0. The molecule has 116 valence electrons. The molecular formula is C18H27NO2. The molecule has 0 bridgehead atoms. The maximum atomic E-state index is 12.3. The summed E-state index contributed by atoms with van der Waals surface area (Å²) in [6, 6.07) is 9.22. The number of nitrogens with zero attached hydrogens (tertiary/aromatic N) is 1. The third-order valence-corrected chi connectivity index (χ3v) is 4.03. The van der Waals surface area contributed by atoms with Gasteiger partial charge in [0.05, 0.1) is 12.1 Å². The lowest BCUT2D eigenvalue weighted by Gasteiger charge is -2.30. The van der Waals surface area contributed by atoms with Crippen molar-refractivity contribution in [2.24, 2.45) is 5.92 Å². The minimum Gasteiger partial charge on any atom is -0.386 e. The standard InChI is InChI=1S/C18H27NO2/c1-5-10-15(6-2)13-17(20)19(4)14(3)18(21)16-11-8-7-9-12-16/h5,7-12,14-15,18,21H,6,13H2,1-4H3/b10-5+/t14-,15+,18+/m0/s1. The van der Waals surface area contributed by atoms with Crippen LogP contribution in [0.5, 0.6) is 0 Å². The Morgan fingerprint density at radius 2 is 1.95 bits per heavy atom. The van der Waals surface area contributed by atoms with Gasteiger partial charge in [0.25, 0.3) is 0 Å². The zero-order valence-corrected chi connectivity index (χ0v) is 13.5. The Morgan fingerprint density at radius 1 is 1.33 bits per heavy atom. The van der Waals surface area contributed by atoms with E-state index in [1.165, 1.54) is 0 Å². The van der Waals surface area contributed by atoms with Crippen LogP contribution in [0.25, 0.3) is 0 Å². The molecule has 0 aromatic heterocycles. The van der Waals surface area contributed by atoms with E-state index in [9.17, 15) is 9.90 Å². The largest absolute Gasteiger partial charge is 0.386 e. The maximum absolute atomic E-state index is 12.3. The Morgan fingerprint density at radius 3 is 2.48 bits per heavy atom. The molecule has 0 unspecified atom stereocenters. The third-order valence-electron chi connectivity index (χ3n) is 4.03. The number of allylic oxidation sites excluding steroid dienone is 2. The van der Waals surface area contributed by atoms with Gasteiger partial charge in [0, 0.05) is 13.5 Å². The van der Waals surface area contributed by atoms with Crippen molar-refractivity contribution >= 4 is 5.91 Å². The van der Waals surface area contributed by atoms with Crippen molar-refractivity contribution in [1.82, 2.24) is 4.90 Å². The molecule has 0 saturated carbocycles. The van der Waals surface area contributed by atoms with Gasteiger partial charge in [-0.2, -0.15) is 0 Å². The first kappa shape index (κ1) is 17.4. The number of aliphatic hydroxyl groups is 1. The second kappa shape index (κ2) is 8.63. The van der Waals surface area contributed by atoms with Crippen LogP contribution in [-0.4, -0.2) is 29.0 Å². The minimum atomic E-state index is -0.665. The number of benzene rings is 1. The summed E-state index contributed by atoms with van der Waals surface area (Å²) in [4.78, 5) is 14.0. The zero-order chi connectivity index (χ0) is 15.8. The highest BCUT2D eigenvalue weighted by atomic mass is 16.3. The molecule has 0 aliphatic heterocycles. The van der Waals surface area contributed by atoms with Crippen LogP contribution in [0.3, 0.4) is 0 Å². The lowest BCUT2D eigenvalue weighted by molar-refractivity contribution is -0.134. The van der Waals surface area contributed by atoms with Crippen molar-refractivity contribution < 1.29 is 9.90 Å². The predicted molar refractivity (Wildman–Crippen MR) is 86.8 cm³/mol. The predicted octanol–water partition coefficient (Wildman–Crippen LogP) is 3.56. The first-order valence-corrected chi connectivity index (χ1v) is 7.62. The highest BCUT2D eigenvalue weighted by Gasteiger charge is 2.24. The Bertz CT molecular complexity index is 456. The fourth-order valence-electron chi connectivity index (χ4n) is 2.36. The smallest absolute Gasteiger partial charge is 0.223 e. The van der Waals surface area contributed by atoms with Gasteiger partial charge in [0.2, 0.25) is 5.91 Å². The van der Waals surface area contributed by atoms with Crippen LogP contribution in [0.1, 0.15) is 45.3 Å². The van der Waals surface area contributed by atoms with Crippen LogP contribution in [0, 0.1) is 5.92 Å². The first-order valence-electron chi connectivity index (χ1n) is 7.62. The molecule has 1 rings (SSSR count). The van der Waals surface area contributed by atoms with Gasteiger partial charge in [0.15, 0.2) is 0 Å². The quantitative estimate of drug-likeness (QED) is 0.780. The monoisotopic (exact) mass is 289 g/mol. The molecular weight excluding hydrogens is 262 g/mol. The summed E-state index contributed by atoms with van der Waals surface area (Å²) in [7, 11) is 1.77. The molecule has 0 heterocycles. The highest BCUT2D eigenvalue weighted by molar-refractivity contribution is 5.76. The second-order valence-electron chi connectivity index (χ2n) is 5.50. The fourth-order valence-corrected chi connectivity index (χ4v) is 2.36. The molecule has 1 aromatic rings. The van der Waals surface area contributed by atoms with Gasteiger partial charge < -0.3 is 10.0 Å². The number of aliphatic hydroxyl groups excluding tert-OH is 1. The summed E-state index contributed by atoms with van der Waals surface area (Å²) in [6.45, 7) is 5.94. The van der Waals surface area contributed by atoms with E-state index in [0.29, 0.717) is 6.42 Å². The number of rotatable bonds is 7. The third kappa shape index (κ3) is 5.01. The maximum Gasteiger partial charge on any atom is 0.223 e. The summed E-state index contributed by atoms with van der Waals surface area (Å²) in [6.07, 6.45) is 4.83. The van der Waals surface area contributed by atoms with Crippen LogP contribution >= 0.6 is 0 Å². The van der Waals surface area contributed by atoms with Gasteiger partial charge in [0.1, 0.15) is 0 Å². The van der Waals surface area contributed by atoms with Crippen LogP contribution < -0.4 is 0 Å². The van der Waals surface area contributed by atoms with Gasteiger partial charge in [-0.15, -0.1) is 0 Å². The lowest BCUT2D eigenvalue weighted by Crippen LogP contribution is -2.39. The molecule has 0 aliphatic rings. The van der Waals surface area contributed by atoms with Crippen LogP contribution in [-0.2, 0) is 4.79 Å². The molecule has 0 spiro atoms. The molecule has 0 aliphatic carbocycles. The Balaban J connectivity index is 2.68. The van der Waals surface area contributed by atoms with Crippen molar-refractivity contribution in [3.8, 4) is 0 Å². The van der Waals surface area contributed by atoms with Crippen molar-refractivity contribution in [2.45, 2.75) is 45.8 Å². The molecule has 1 amide bonds. The van der Waals surface area contributed by atoms with E-state index in [1.54, 1.807) is 11.9 Å². The topological polar surface area (TPSA) is 40.5 Å². The molecule has 0 radical (unpaired) electrons. The van der Waals surface area contributed by atoms with Crippen molar-refractivity contribution in [3.05, 3.63) is 48.0 Å². The zero-order valence-electron chi connectivity index (χ0n) is 13.5. The van der Waals surface area contributed by atoms with E-state index in [4.69, 9.17) is 0 Å². The van der Waals surface area contributed by atoms with E-state index in [-0.39, 0.29) is 17.9 Å². The molecule has 3 nitrogen and oxygen atoms in total. The number of likely N-dealkylation sites (N-methyl/N-ethyl adjacent to an activating group) is 1. The Labute approximate surface area is 128 Å². The normalized spacial score (nSPS) is 15.7. The minimum absolute atomic E-state index is 0.0717. The number of carbonyl (C=O) groups excluding carboxylic acids is 1. The fraction of sp³-hybridized carbons (Fsp3) is 0.500. The van der Waals surface area contributed by atoms with Gasteiger partial charge in [-0.3, -0.25) is 4.79 Å². The van der Waals surface area contributed by atoms with Gasteiger partial charge in [-0.05, 0) is 31.7 Å². The van der Waals surface area contributed by atoms with Crippen molar-refractivity contribution in [2.75, 3.05) is 7.05 Å². The Hall–Kier alpha value is -1.61. The van der Waals surface area contributed by atoms with Gasteiger partial charge in [-0.25, -0.2) is 0 Å². The number of hydrogen-bond acceptors (Lipinski definition) is 2. The van der Waals surface area contributed by atoms with E-state index < -0.39 is 6.10 Å². The molecule has 1 N–H and O–H groups in total. The number of carbonyl (C=O) groups is 1. The summed E-state index contributed by atoms with van der Waals surface area (Å²) in [5.41, 5.74) is 0.838. The molecule has 0 saturated heterocycles. The molecule has 0 fully saturated rings. The van der Waals surface area contributed by atoms with Crippen LogP contribution in [0.2, 0.25) is 0 Å². The van der Waals surface area contributed by atoms with Crippen molar-refractivity contribution in [3.63, 3.8) is 0 Å². The molecule has 3 atom stereocenters. The lowest BCUT2D eigenvalue weighted by atomic mass is 9.99. The number of amides is 1. The summed E-state index contributed by atoms with van der Waals surface area (Å²) >= 11 is 0. The molecule has 1 aromatic carbocycles. The number of hydrogen-bond donors (Lipinski definition) is 1. The SMILES string of the molecule is C/C=C/[C@@H](CC)CC(=O)N(C)[C@@H](C)[C@@H](O)c1ccccc1. The molecule has 21 heavy (non-hydrogen) atoms. The average molecular weight is 289 g/mol. The van der Waals surface area contributed by atoms with Gasteiger partial charge >= 0.3 is 0 Å². The van der Waals surface area contributed by atoms with Gasteiger partial charge in [-0.1, -0.05) is 49.4 Å². The van der Waals surface area contributed by atoms with Crippen LogP contribution in [0.4, 0.5) is 0 Å². The van der Waals surface area contributed by atoms with E-state index in [1.807, 2.05) is 50.3 Å². The summed E-state index contributed by atoms with van der Waals surface area (Å²) < 4.78 is 0. The summed E-state index contributed by atoms with van der Waals surface area (Å²) in [5, 5.41) is 10.4. The van der Waals surface area contributed by atoms with E-state index in [0.717, 1.165) is 12.0 Å². The highest BCUT2D eigenvalue weighted by Crippen LogP contribution is 2.21. The molecule has 3 heteroatoms. The average Bonchev–Trinajstić information content (AvgIpc) is 2.52. The van der Waals surface area contributed by atoms with E-state index >= 15 is 0 Å². The Kier molecular flexibility index (Phi) is 7.17.